The van der Waals surface area contributed by atoms with Crippen LogP contribution in [0.5, 0.6) is 0 Å². The maximum atomic E-state index is 11.1. The van der Waals surface area contributed by atoms with Crippen LogP contribution in [0.3, 0.4) is 0 Å². The first kappa shape index (κ1) is 14.6. The van der Waals surface area contributed by atoms with Crippen LogP contribution < -0.4 is 18.9 Å². The van der Waals surface area contributed by atoms with Gasteiger partial charge in [-0.2, -0.15) is 6.16 Å². The zero-order valence-electron chi connectivity index (χ0n) is 7.57. The molecule has 0 aliphatic heterocycles. The summed E-state index contributed by atoms with van der Waals surface area (Å²) in [7, 11) is 0.190. The first-order chi connectivity index (χ1) is 5.08. The molecule has 66 valence electrons. The Kier molecular flexibility index (Phi) is 8.02. The Balaban J connectivity index is 0. The van der Waals surface area contributed by atoms with Gasteiger partial charge in [0, 0.05) is 14.2 Å². The van der Waals surface area contributed by atoms with Gasteiger partial charge in [0.15, 0.2) is 5.97 Å². The Hall–Kier alpha value is 0.0874. The molecule has 0 heterocycles. The Labute approximate surface area is 83.5 Å². The molecule has 0 aliphatic rings. The van der Waals surface area contributed by atoms with E-state index in [1.54, 1.807) is 0 Å². The molecule has 0 aromatic carbocycles. The van der Waals surface area contributed by atoms with E-state index in [1.807, 2.05) is 0 Å². The topological polar surface area (TPSA) is 61.8 Å². The maximum Gasteiger partial charge on any atom is 1.00 e. The van der Waals surface area contributed by atoms with Crippen molar-refractivity contribution in [2.45, 2.75) is 0 Å². The van der Waals surface area contributed by atoms with E-state index in [1.165, 1.54) is 21.3 Å². The molecule has 0 aliphatic carbocycles. The zero-order valence-corrected chi connectivity index (χ0v) is 8.46. The minimum atomic E-state index is -3.35. The smallest absolute Gasteiger partial charge is 0.491 e. The second-order valence-electron chi connectivity index (χ2n) is 1.56. The van der Waals surface area contributed by atoms with Gasteiger partial charge in [0.2, 0.25) is 7.60 Å². The van der Waals surface area contributed by atoms with Crippen LogP contribution in [-0.4, -0.2) is 27.3 Å². The number of esters is 1. The van der Waals surface area contributed by atoms with E-state index in [0.29, 0.717) is 0 Å². The molecule has 0 aromatic rings. The molecule has 0 bridgehead atoms. The summed E-state index contributed by atoms with van der Waals surface area (Å²) in [5.41, 5.74) is 0. The number of methoxy groups -OCH3 is 1. The quantitative estimate of drug-likeness (QED) is 0.217. The summed E-state index contributed by atoms with van der Waals surface area (Å²) in [6, 6.07) is 0. The molecule has 0 unspecified atom stereocenters. The van der Waals surface area contributed by atoms with Crippen molar-refractivity contribution in [2.75, 3.05) is 21.3 Å². The first-order valence-electron chi connectivity index (χ1n) is 2.73. The van der Waals surface area contributed by atoms with Gasteiger partial charge in [0.1, 0.15) is 0 Å². The SMILES string of the molecule is COC(=O)[CH-]P(=O)(OC)OC.[Li+]. The number of carbonyl (C=O) groups excluding carboxylic acids is 1. The molecule has 0 fully saturated rings. The van der Waals surface area contributed by atoms with Gasteiger partial charge < -0.3 is 13.8 Å². The predicted molar refractivity (Wildman–Crippen MR) is 37.9 cm³/mol. The molecular formula is C5H10LiO5P. The fourth-order valence-electron chi connectivity index (χ4n) is 0.362. The van der Waals surface area contributed by atoms with E-state index in [9.17, 15) is 9.36 Å². The van der Waals surface area contributed by atoms with E-state index >= 15 is 0 Å². The molecule has 0 saturated heterocycles. The average molecular weight is 188 g/mol. The molecule has 0 atom stereocenters. The van der Waals surface area contributed by atoms with E-state index in [-0.39, 0.29) is 18.9 Å². The molecule has 12 heavy (non-hydrogen) atoms. The summed E-state index contributed by atoms with van der Waals surface area (Å²) in [5.74, 6) is -0.739. The van der Waals surface area contributed by atoms with Gasteiger partial charge in [0.25, 0.3) is 0 Å². The third-order valence-corrected chi connectivity index (χ3v) is 2.52. The molecule has 0 radical (unpaired) electrons. The van der Waals surface area contributed by atoms with Crippen molar-refractivity contribution < 1.29 is 42.0 Å². The van der Waals surface area contributed by atoms with Gasteiger partial charge >= 0.3 is 18.9 Å². The number of hydrogen-bond acceptors (Lipinski definition) is 5. The Morgan fingerprint density at radius 2 is 1.67 bits per heavy atom. The van der Waals surface area contributed by atoms with Crippen molar-refractivity contribution in [3.63, 3.8) is 0 Å². The Bertz CT molecular complexity index is 175. The van der Waals surface area contributed by atoms with Crippen LogP contribution in [0, 0.1) is 6.16 Å². The van der Waals surface area contributed by atoms with Crippen molar-refractivity contribution in [3.8, 4) is 0 Å². The Morgan fingerprint density at radius 3 is 1.92 bits per heavy atom. The van der Waals surface area contributed by atoms with Gasteiger partial charge in [-0.15, -0.1) is 0 Å². The zero-order chi connectivity index (χ0) is 8.91. The van der Waals surface area contributed by atoms with Crippen molar-refractivity contribution in [1.82, 2.24) is 0 Å². The second-order valence-corrected chi connectivity index (χ2v) is 3.63. The standard InChI is InChI=1S/C5H10O5P.Li/c1-8-5(6)4-11(7,9-2)10-3;/h4H,1-3H3;/q-1;+1. The molecule has 0 aromatic heterocycles. The average Bonchev–Trinajstić information content (AvgIpc) is 2.04. The monoisotopic (exact) mass is 188 g/mol. The third kappa shape index (κ3) is 4.86. The summed E-state index contributed by atoms with van der Waals surface area (Å²) in [4.78, 5) is 10.5. The van der Waals surface area contributed by atoms with Crippen molar-refractivity contribution in [1.29, 1.82) is 0 Å². The molecular weight excluding hydrogens is 178 g/mol. The minimum absolute atomic E-state index is 0. The molecule has 0 spiro atoms. The fraction of sp³-hybridized carbons (Fsp3) is 0.600. The first-order valence-corrected chi connectivity index (χ1v) is 4.34. The summed E-state index contributed by atoms with van der Waals surface area (Å²) in [6.07, 6.45) is 0.771. The summed E-state index contributed by atoms with van der Waals surface area (Å²) < 4.78 is 24.2. The number of carbonyl (C=O) groups is 1. The van der Waals surface area contributed by atoms with Crippen LogP contribution in [0.15, 0.2) is 0 Å². The molecule has 0 rings (SSSR count). The fourth-order valence-corrected chi connectivity index (χ4v) is 1.09. The molecule has 0 amide bonds. The minimum Gasteiger partial charge on any atom is -0.491 e. The van der Waals surface area contributed by atoms with E-state index in [2.05, 4.69) is 13.8 Å². The number of ether oxygens (including phenoxy) is 1. The summed E-state index contributed by atoms with van der Waals surface area (Å²) in [5, 5.41) is 0. The van der Waals surface area contributed by atoms with Gasteiger partial charge in [-0.05, 0) is 0 Å². The van der Waals surface area contributed by atoms with Crippen molar-refractivity contribution >= 4 is 13.6 Å². The number of rotatable bonds is 4. The Morgan fingerprint density at radius 1 is 1.25 bits per heavy atom. The van der Waals surface area contributed by atoms with Gasteiger partial charge in [-0.3, -0.25) is 9.36 Å². The van der Waals surface area contributed by atoms with Crippen LogP contribution in [0.4, 0.5) is 0 Å². The predicted octanol–water partition coefficient (Wildman–Crippen LogP) is -2.19. The van der Waals surface area contributed by atoms with Gasteiger partial charge in [-0.1, -0.05) is 0 Å². The summed E-state index contributed by atoms with van der Waals surface area (Å²) >= 11 is 0. The molecule has 7 heteroatoms. The van der Waals surface area contributed by atoms with E-state index in [0.717, 1.165) is 6.16 Å². The van der Waals surface area contributed by atoms with Crippen LogP contribution in [-0.2, 0) is 23.1 Å². The van der Waals surface area contributed by atoms with Crippen LogP contribution in [0.1, 0.15) is 0 Å². The second kappa shape index (κ2) is 6.59. The van der Waals surface area contributed by atoms with E-state index < -0.39 is 13.6 Å². The van der Waals surface area contributed by atoms with Gasteiger partial charge in [0.05, 0.1) is 7.11 Å². The van der Waals surface area contributed by atoms with Crippen LogP contribution in [0.25, 0.3) is 0 Å². The van der Waals surface area contributed by atoms with Crippen LogP contribution in [0.2, 0.25) is 0 Å². The van der Waals surface area contributed by atoms with Crippen molar-refractivity contribution in [2.24, 2.45) is 0 Å². The van der Waals surface area contributed by atoms with E-state index in [4.69, 9.17) is 0 Å². The third-order valence-electron chi connectivity index (χ3n) is 0.974. The summed E-state index contributed by atoms with van der Waals surface area (Å²) in [6.45, 7) is 0. The molecule has 0 N–H and O–H groups in total. The molecule has 0 saturated carbocycles. The van der Waals surface area contributed by atoms with Gasteiger partial charge in [-0.25, -0.2) is 0 Å². The maximum absolute atomic E-state index is 11.1. The number of hydrogen-bond donors (Lipinski definition) is 0. The van der Waals surface area contributed by atoms with Crippen LogP contribution >= 0.6 is 7.60 Å². The van der Waals surface area contributed by atoms with Crippen molar-refractivity contribution in [3.05, 3.63) is 6.16 Å². The largest absolute Gasteiger partial charge is 1.00 e. The normalized spacial score (nSPS) is 9.92. The molecule has 5 nitrogen and oxygen atoms in total.